The molecule has 4 N–H and O–H groups in total. The number of nitrogens with one attached hydrogen (secondary N) is 2. The molecule has 3 heteroatoms. The first-order chi connectivity index (χ1) is 5.20. The Kier molecular flexibility index (Phi) is 1.67. The molecule has 2 aliphatic heterocycles. The quantitative estimate of drug-likeness (QED) is 0.433. The first kappa shape index (κ1) is 7.53. The molecular weight excluding hydrogens is 138 g/mol. The molecule has 0 saturated carbocycles. The van der Waals surface area contributed by atoms with Crippen molar-refractivity contribution < 1.29 is 0 Å². The fourth-order valence-electron chi connectivity index (χ4n) is 2.40. The maximum absolute atomic E-state index is 6.16. The number of rotatable bonds is 0. The Morgan fingerprint density at radius 1 is 1.55 bits per heavy atom. The van der Waals surface area contributed by atoms with Gasteiger partial charge in [0.2, 0.25) is 0 Å². The number of fused-ring (bicyclic) bond motifs is 1. The van der Waals surface area contributed by atoms with E-state index in [0.29, 0.717) is 12.0 Å². The van der Waals surface area contributed by atoms with E-state index >= 15 is 0 Å². The highest BCUT2D eigenvalue weighted by Gasteiger charge is 2.41. The van der Waals surface area contributed by atoms with Crippen LogP contribution in [0.4, 0.5) is 0 Å². The lowest BCUT2D eigenvalue weighted by Crippen LogP contribution is -2.62. The molecule has 2 rings (SSSR count). The predicted molar refractivity (Wildman–Crippen MR) is 45.4 cm³/mol. The van der Waals surface area contributed by atoms with Crippen LogP contribution in [0.15, 0.2) is 0 Å². The molecule has 0 radical (unpaired) electrons. The van der Waals surface area contributed by atoms with Crippen LogP contribution in [0.3, 0.4) is 0 Å². The lowest BCUT2D eigenvalue weighted by atomic mass is 9.78. The third-order valence-corrected chi connectivity index (χ3v) is 3.06. The third kappa shape index (κ3) is 1.17. The van der Waals surface area contributed by atoms with Gasteiger partial charge < -0.3 is 16.4 Å². The lowest BCUT2D eigenvalue weighted by molar-refractivity contribution is 0.211. The minimum absolute atomic E-state index is 0.00637. The van der Waals surface area contributed by atoms with Gasteiger partial charge >= 0.3 is 0 Å². The first-order valence-corrected chi connectivity index (χ1v) is 4.43. The van der Waals surface area contributed by atoms with E-state index in [-0.39, 0.29) is 5.54 Å². The van der Waals surface area contributed by atoms with Gasteiger partial charge in [-0.3, -0.25) is 0 Å². The van der Waals surface area contributed by atoms with Crippen molar-refractivity contribution in [3.8, 4) is 0 Å². The summed E-state index contributed by atoms with van der Waals surface area (Å²) in [6.45, 7) is 5.36. The number of nitrogens with two attached hydrogens (primary N) is 1. The highest BCUT2D eigenvalue weighted by molar-refractivity contribution is 5.03. The Hall–Kier alpha value is -0.120. The molecule has 3 unspecified atom stereocenters. The Balaban J connectivity index is 2.13. The van der Waals surface area contributed by atoms with Gasteiger partial charge in [0.05, 0.1) is 0 Å². The van der Waals surface area contributed by atoms with Crippen LogP contribution in [0, 0.1) is 5.92 Å². The van der Waals surface area contributed by atoms with Crippen molar-refractivity contribution in [2.24, 2.45) is 11.7 Å². The van der Waals surface area contributed by atoms with E-state index < -0.39 is 0 Å². The monoisotopic (exact) mass is 155 g/mol. The van der Waals surface area contributed by atoms with Crippen LogP contribution in [0.5, 0.6) is 0 Å². The second kappa shape index (κ2) is 2.44. The molecule has 0 aromatic carbocycles. The highest BCUT2D eigenvalue weighted by atomic mass is 15.1. The Morgan fingerprint density at radius 2 is 2.36 bits per heavy atom. The number of hydrogen-bond acceptors (Lipinski definition) is 3. The zero-order chi connectivity index (χ0) is 7.90. The largest absolute Gasteiger partial charge is 0.324 e. The van der Waals surface area contributed by atoms with Crippen LogP contribution < -0.4 is 16.4 Å². The molecule has 2 fully saturated rings. The smallest absolute Gasteiger partial charge is 0.0296 e. The molecule has 64 valence electrons. The van der Waals surface area contributed by atoms with Gasteiger partial charge in [-0.2, -0.15) is 0 Å². The van der Waals surface area contributed by atoms with Gasteiger partial charge in [-0.05, 0) is 25.8 Å². The highest BCUT2D eigenvalue weighted by Crippen LogP contribution is 2.27. The van der Waals surface area contributed by atoms with Crippen LogP contribution in [-0.2, 0) is 0 Å². The molecule has 0 aromatic heterocycles. The molecule has 2 aliphatic rings. The second-order valence-electron chi connectivity index (χ2n) is 4.09. The van der Waals surface area contributed by atoms with E-state index in [0.717, 1.165) is 19.6 Å². The summed E-state index contributed by atoms with van der Waals surface area (Å²) in [5, 5.41) is 6.83. The molecule has 2 saturated heterocycles. The number of hydrogen-bond donors (Lipinski definition) is 3. The van der Waals surface area contributed by atoms with E-state index in [1.807, 2.05) is 0 Å². The van der Waals surface area contributed by atoms with Crippen LogP contribution >= 0.6 is 0 Å². The average molecular weight is 155 g/mol. The summed E-state index contributed by atoms with van der Waals surface area (Å²) in [6.07, 6.45) is 1.25. The van der Waals surface area contributed by atoms with Gasteiger partial charge in [0.15, 0.2) is 0 Å². The second-order valence-corrected chi connectivity index (χ2v) is 4.09. The Labute approximate surface area is 67.7 Å². The molecule has 0 spiro atoms. The van der Waals surface area contributed by atoms with Crippen molar-refractivity contribution in [2.45, 2.75) is 24.9 Å². The van der Waals surface area contributed by atoms with Gasteiger partial charge in [0.25, 0.3) is 0 Å². The molecule has 0 bridgehead atoms. The van der Waals surface area contributed by atoms with Crippen molar-refractivity contribution in [3.05, 3.63) is 0 Å². The van der Waals surface area contributed by atoms with E-state index in [1.165, 1.54) is 6.42 Å². The third-order valence-electron chi connectivity index (χ3n) is 3.06. The molecule has 0 aliphatic carbocycles. The van der Waals surface area contributed by atoms with E-state index in [4.69, 9.17) is 5.73 Å². The van der Waals surface area contributed by atoms with E-state index in [2.05, 4.69) is 17.6 Å². The predicted octanol–water partition coefficient (Wildman–Crippen LogP) is -0.715. The van der Waals surface area contributed by atoms with Gasteiger partial charge in [0.1, 0.15) is 0 Å². The van der Waals surface area contributed by atoms with Crippen molar-refractivity contribution in [2.75, 3.05) is 19.6 Å². The summed E-state index contributed by atoms with van der Waals surface area (Å²) < 4.78 is 0. The van der Waals surface area contributed by atoms with Crippen molar-refractivity contribution in [1.29, 1.82) is 0 Å². The van der Waals surface area contributed by atoms with Gasteiger partial charge in [-0.25, -0.2) is 0 Å². The van der Waals surface area contributed by atoms with Crippen molar-refractivity contribution in [1.82, 2.24) is 10.6 Å². The topological polar surface area (TPSA) is 50.1 Å². The summed E-state index contributed by atoms with van der Waals surface area (Å²) in [4.78, 5) is 0. The minimum Gasteiger partial charge on any atom is -0.324 e. The Bertz CT molecular complexity index is 155. The molecular formula is C8H17N3. The molecule has 3 atom stereocenters. The summed E-state index contributed by atoms with van der Waals surface area (Å²) in [7, 11) is 0. The van der Waals surface area contributed by atoms with Crippen LogP contribution in [0.2, 0.25) is 0 Å². The van der Waals surface area contributed by atoms with Crippen LogP contribution in [0.25, 0.3) is 0 Å². The van der Waals surface area contributed by atoms with Crippen LogP contribution in [-0.4, -0.2) is 31.2 Å². The normalized spacial score (nSPS) is 50.7. The fourth-order valence-corrected chi connectivity index (χ4v) is 2.40. The SMILES string of the molecule is CC1(N)CNCC2NCCC21. The Morgan fingerprint density at radius 3 is 3.09 bits per heavy atom. The van der Waals surface area contributed by atoms with Crippen LogP contribution in [0.1, 0.15) is 13.3 Å². The number of piperidine rings is 1. The van der Waals surface area contributed by atoms with E-state index in [9.17, 15) is 0 Å². The first-order valence-electron chi connectivity index (χ1n) is 4.43. The zero-order valence-corrected chi connectivity index (χ0v) is 7.06. The average Bonchev–Trinajstić information content (AvgIpc) is 2.34. The molecule has 0 aromatic rings. The summed E-state index contributed by atoms with van der Waals surface area (Å²) in [5.74, 6) is 0.684. The van der Waals surface area contributed by atoms with Gasteiger partial charge in [-0.15, -0.1) is 0 Å². The lowest BCUT2D eigenvalue weighted by Gasteiger charge is -2.40. The zero-order valence-electron chi connectivity index (χ0n) is 7.06. The standard InChI is InChI=1S/C8H17N3/c1-8(9)5-10-4-7-6(8)2-3-11-7/h6-7,10-11H,2-5,9H2,1H3. The summed E-state index contributed by atoms with van der Waals surface area (Å²) >= 11 is 0. The molecule has 2 heterocycles. The summed E-state index contributed by atoms with van der Waals surface area (Å²) in [5.41, 5.74) is 6.17. The fraction of sp³-hybridized carbons (Fsp3) is 1.00. The molecule has 0 amide bonds. The maximum atomic E-state index is 6.16. The van der Waals surface area contributed by atoms with Gasteiger partial charge in [0, 0.05) is 24.7 Å². The minimum atomic E-state index is 0.00637. The van der Waals surface area contributed by atoms with Gasteiger partial charge in [-0.1, -0.05) is 0 Å². The van der Waals surface area contributed by atoms with Crippen molar-refractivity contribution in [3.63, 3.8) is 0 Å². The summed E-state index contributed by atoms with van der Waals surface area (Å²) in [6, 6.07) is 0.624. The maximum Gasteiger partial charge on any atom is 0.0296 e. The van der Waals surface area contributed by atoms with E-state index in [1.54, 1.807) is 0 Å². The molecule has 3 nitrogen and oxygen atoms in total. The van der Waals surface area contributed by atoms with Crippen molar-refractivity contribution >= 4 is 0 Å². The molecule has 11 heavy (non-hydrogen) atoms.